The highest BCUT2D eigenvalue weighted by Gasteiger charge is 2.30. The number of hydrogen-bond donors (Lipinski definition) is 1. The molecule has 0 bridgehead atoms. The second-order valence-corrected chi connectivity index (χ2v) is 6.51. The number of nitrogens with zero attached hydrogens (tertiary/aromatic N) is 2. The van der Waals surface area contributed by atoms with Crippen molar-refractivity contribution < 1.29 is 4.74 Å². The molecule has 3 rings (SSSR count). The predicted octanol–water partition coefficient (Wildman–Crippen LogP) is 2.13. The maximum absolute atomic E-state index is 6.53. The molecule has 0 radical (unpaired) electrons. The van der Waals surface area contributed by atoms with E-state index in [9.17, 15) is 0 Å². The molecule has 2 atom stereocenters. The van der Waals surface area contributed by atoms with Crippen LogP contribution >= 0.6 is 11.6 Å². The summed E-state index contributed by atoms with van der Waals surface area (Å²) < 4.78 is 5.40. The van der Waals surface area contributed by atoms with Gasteiger partial charge in [0.05, 0.1) is 23.9 Å². The van der Waals surface area contributed by atoms with Crippen LogP contribution in [0.5, 0.6) is 0 Å². The first-order valence-corrected chi connectivity index (χ1v) is 8.09. The van der Waals surface area contributed by atoms with Crippen molar-refractivity contribution in [1.29, 1.82) is 0 Å². The summed E-state index contributed by atoms with van der Waals surface area (Å²) in [6, 6.07) is 6.95. The Morgan fingerprint density at radius 3 is 2.71 bits per heavy atom. The van der Waals surface area contributed by atoms with Crippen molar-refractivity contribution in [1.82, 2.24) is 4.90 Å². The van der Waals surface area contributed by atoms with E-state index in [0.29, 0.717) is 12.0 Å². The smallest absolute Gasteiger partial charge is 0.0642 e. The van der Waals surface area contributed by atoms with Crippen LogP contribution in [0, 0.1) is 5.92 Å². The molecule has 2 aliphatic heterocycles. The zero-order valence-electron chi connectivity index (χ0n) is 12.6. The SMILES string of the molecule is CN1CC(CN)CC1c1ccc(N2CCOCC2)c(Cl)c1. The van der Waals surface area contributed by atoms with Crippen molar-refractivity contribution in [3.63, 3.8) is 0 Å². The van der Waals surface area contributed by atoms with Crippen LogP contribution in [0.3, 0.4) is 0 Å². The predicted molar refractivity (Wildman–Crippen MR) is 87.0 cm³/mol. The quantitative estimate of drug-likeness (QED) is 0.929. The Kier molecular flexibility index (Phi) is 4.69. The van der Waals surface area contributed by atoms with E-state index in [1.54, 1.807) is 0 Å². The molecule has 2 aliphatic rings. The summed E-state index contributed by atoms with van der Waals surface area (Å²) in [5.74, 6) is 0.595. The molecule has 1 aromatic carbocycles. The van der Waals surface area contributed by atoms with Crippen molar-refractivity contribution in [2.75, 3.05) is 51.3 Å². The second-order valence-electron chi connectivity index (χ2n) is 6.10. The second kappa shape index (κ2) is 6.53. The lowest BCUT2D eigenvalue weighted by atomic mass is 9.99. The fourth-order valence-corrected chi connectivity index (χ4v) is 3.77. The monoisotopic (exact) mass is 309 g/mol. The summed E-state index contributed by atoms with van der Waals surface area (Å²) in [5.41, 5.74) is 8.24. The number of ether oxygens (including phenoxy) is 1. The Morgan fingerprint density at radius 1 is 1.33 bits per heavy atom. The number of morpholine rings is 1. The van der Waals surface area contributed by atoms with Gasteiger partial charge in [-0.25, -0.2) is 0 Å². The molecule has 0 saturated carbocycles. The highest BCUT2D eigenvalue weighted by Crippen LogP contribution is 2.37. The Labute approximate surface area is 131 Å². The van der Waals surface area contributed by atoms with Crippen LogP contribution in [0.1, 0.15) is 18.0 Å². The number of nitrogens with two attached hydrogens (primary N) is 1. The van der Waals surface area contributed by atoms with Gasteiger partial charge in [0.2, 0.25) is 0 Å². The summed E-state index contributed by atoms with van der Waals surface area (Å²) in [6.45, 7) is 5.23. The minimum Gasteiger partial charge on any atom is -0.378 e. The first-order chi connectivity index (χ1) is 10.2. The van der Waals surface area contributed by atoms with Gasteiger partial charge in [-0.3, -0.25) is 4.90 Å². The standard InChI is InChI=1S/C16H24ClN3O/c1-19-11-12(10-18)8-16(19)13-2-3-15(14(17)9-13)20-4-6-21-7-5-20/h2-3,9,12,16H,4-8,10-11,18H2,1H3. The number of hydrogen-bond acceptors (Lipinski definition) is 4. The summed E-state index contributed by atoms with van der Waals surface area (Å²) in [4.78, 5) is 4.69. The molecule has 2 saturated heterocycles. The van der Waals surface area contributed by atoms with E-state index >= 15 is 0 Å². The molecular weight excluding hydrogens is 286 g/mol. The molecule has 0 spiro atoms. The zero-order chi connectivity index (χ0) is 14.8. The fourth-order valence-electron chi connectivity index (χ4n) is 3.46. The molecular formula is C16H24ClN3O. The molecule has 2 N–H and O–H groups in total. The number of benzene rings is 1. The van der Waals surface area contributed by atoms with Crippen LogP contribution in [0.2, 0.25) is 5.02 Å². The topological polar surface area (TPSA) is 41.7 Å². The maximum atomic E-state index is 6.53. The molecule has 0 aromatic heterocycles. The molecule has 2 heterocycles. The molecule has 116 valence electrons. The average Bonchev–Trinajstić information content (AvgIpc) is 2.89. The Morgan fingerprint density at radius 2 is 2.10 bits per heavy atom. The first kappa shape index (κ1) is 15.1. The Balaban J connectivity index is 1.77. The van der Waals surface area contributed by atoms with E-state index in [2.05, 4.69) is 35.0 Å². The summed E-state index contributed by atoms with van der Waals surface area (Å²) >= 11 is 6.53. The minimum atomic E-state index is 0.440. The minimum absolute atomic E-state index is 0.440. The molecule has 0 aliphatic carbocycles. The van der Waals surface area contributed by atoms with E-state index in [-0.39, 0.29) is 0 Å². The summed E-state index contributed by atoms with van der Waals surface area (Å²) in [6.07, 6.45) is 1.13. The highest BCUT2D eigenvalue weighted by atomic mass is 35.5. The third kappa shape index (κ3) is 3.19. The summed E-state index contributed by atoms with van der Waals surface area (Å²) in [5, 5.41) is 0.846. The normalized spacial score (nSPS) is 27.3. The molecule has 21 heavy (non-hydrogen) atoms. The molecule has 4 nitrogen and oxygen atoms in total. The van der Waals surface area contributed by atoms with E-state index < -0.39 is 0 Å². The lowest BCUT2D eigenvalue weighted by Gasteiger charge is -2.30. The van der Waals surface area contributed by atoms with Crippen molar-refractivity contribution in [3.05, 3.63) is 28.8 Å². The largest absolute Gasteiger partial charge is 0.378 e. The first-order valence-electron chi connectivity index (χ1n) is 7.71. The highest BCUT2D eigenvalue weighted by molar-refractivity contribution is 6.33. The van der Waals surface area contributed by atoms with E-state index in [0.717, 1.165) is 56.5 Å². The van der Waals surface area contributed by atoms with Gasteiger partial charge < -0.3 is 15.4 Å². The number of rotatable bonds is 3. The van der Waals surface area contributed by atoms with E-state index in [1.807, 2.05) is 0 Å². The van der Waals surface area contributed by atoms with Crippen molar-refractivity contribution >= 4 is 17.3 Å². The molecule has 2 unspecified atom stereocenters. The van der Waals surface area contributed by atoms with Crippen LogP contribution < -0.4 is 10.6 Å². The number of anilines is 1. The molecule has 1 aromatic rings. The number of halogens is 1. The van der Waals surface area contributed by atoms with Crippen LogP contribution in [-0.2, 0) is 4.74 Å². The van der Waals surface area contributed by atoms with Gasteiger partial charge >= 0.3 is 0 Å². The van der Waals surface area contributed by atoms with Crippen molar-refractivity contribution in [3.8, 4) is 0 Å². The summed E-state index contributed by atoms with van der Waals surface area (Å²) in [7, 11) is 2.17. The van der Waals surface area contributed by atoms with Gasteiger partial charge in [0, 0.05) is 25.7 Å². The van der Waals surface area contributed by atoms with Crippen LogP contribution in [-0.4, -0.2) is 51.3 Å². The zero-order valence-corrected chi connectivity index (χ0v) is 13.4. The molecule has 5 heteroatoms. The van der Waals surface area contributed by atoms with Gasteiger partial charge in [-0.2, -0.15) is 0 Å². The third-order valence-corrected chi connectivity index (χ3v) is 4.98. The van der Waals surface area contributed by atoms with Gasteiger partial charge in [-0.05, 0) is 43.6 Å². The van der Waals surface area contributed by atoms with Crippen LogP contribution in [0.4, 0.5) is 5.69 Å². The van der Waals surface area contributed by atoms with Crippen molar-refractivity contribution in [2.45, 2.75) is 12.5 Å². The van der Waals surface area contributed by atoms with Gasteiger partial charge in [0.1, 0.15) is 0 Å². The van der Waals surface area contributed by atoms with E-state index in [4.69, 9.17) is 22.1 Å². The molecule has 2 fully saturated rings. The lowest BCUT2D eigenvalue weighted by molar-refractivity contribution is 0.122. The van der Waals surface area contributed by atoms with Crippen LogP contribution in [0.25, 0.3) is 0 Å². The van der Waals surface area contributed by atoms with Gasteiger partial charge in [-0.15, -0.1) is 0 Å². The van der Waals surface area contributed by atoms with Gasteiger partial charge in [0.25, 0.3) is 0 Å². The number of likely N-dealkylation sites (tertiary alicyclic amines) is 1. The average molecular weight is 310 g/mol. The Hall–Kier alpha value is -0.810. The fraction of sp³-hybridized carbons (Fsp3) is 0.625. The molecule has 0 amide bonds. The lowest BCUT2D eigenvalue weighted by Crippen LogP contribution is -2.36. The van der Waals surface area contributed by atoms with Gasteiger partial charge in [-0.1, -0.05) is 17.7 Å². The van der Waals surface area contributed by atoms with Crippen LogP contribution in [0.15, 0.2) is 18.2 Å². The van der Waals surface area contributed by atoms with E-state index in [1.165, 1.54) is 5.56 Å². The Bertz CT molecular complexity index is 490. The van der Waals surface area contributed by atoms with Crippen molar-refractivity contribution in [2.24, 2.45) is 11.7 Å². The maximum Gasteiger partial charge on any atom is 0.0642 e. The third-order valence-electron chi connectivity index (χ3n) is 4.68. The van der Waals surface area contributed by atoms with Gasteiger partial charge in [0.15, 0.2) is 0 Å².